The van der Waals surface area contributed by atoms with Gasteiger partial charge in [-0.3, -0.25) is 4.79 Å². The quantitative estimate of drug-likeness (QED) is 0.467. The summed E-state index contributed by atoms with van der Waals surface area (Å²) in [5.41, 5.74) is 0. The van der Waals surface area contributed by atoms with Crippen LogP contribution < -0.4 is 0 Å². The number of ether oxygens (including phenoxy) is 1. The summed E-state index contributed by atoms with van der Waals surface area (Å²) in [7, 11) is 0. The maximum absolute atomic E-state index is 11.2. The molecule has 2 nitrogen and oxygen atoms in total. The molecule has 0 unspecified atom stereocenters. The summed E-state index contributed by atoms with van der Waals surface area (Å²) in [6.07, 6.45) is 8.37. The van der Waals surface area contributed by atoms with Gasteiger partial charge in [0.1, 0.15) is 6.10 Å². The molecule has 0 heterocycles. The van der Waals surface area contributed by atoms with E-state index in [2.05, 4.69) is 6.92 Å². The van der Waals surface area contributed by atoms with E-state index in [1.54, 1.807) is 0 Å². The van der Waals surface area contributed by atoms with Crippen LogP contribution in [0.2, 0.25) is 0 Å². The van der Waals surface area contributed by atoms with E-state index in [1.807, 2.05) is 0 Å². The highest BCUT2D eigenvalue weighted by atomic mass is 16.5. The molecule has 1 aliphatic rings. The predicted molar refractivity (Wildman–Crippen MR) is 52.2 cm³/mol. The molecule has 0 atom stereocenters. The largest absolute Gasteiger partial charge is 0.462 e. The highest BCUT2D eigenvalue weighted by Gasteiger charge is 2.20. The number of hydrogen-bond donors (Lipinski definition) is 0. The number of carbonyl (C=O) groups is 1. The third kappa shape index (κ3) is 4.30. The fraction of sp³-hybridized carbons (Fsp3) is 0.818. The van der Waals surface area contributed by atoms with Crippen molar-refractivity contribution in [2.24, 2.45) is 0 Å². The minimum Gasteiger partial charge on any atom is -0.462 e. The van der Waals surface area contributed by atoms with Gasteiger partial charge in [0.15, 0.2) is 0 Å². The molecule has 0 amide bonds. The molecule has 0 aromatic rings. The van der Waals surface area contributed by atoms with Gasteiger partial charge in [0.25, 0.3) is 0 Å². The second-order valence-electron chi connectivity index (χ2n) is 3.71. The second-order valence-corrected chi connectivity index (χ2v) is 3.71. The zero-order chi connectivity index (χ0) is 9.52. The van der Waals surface area contributed by atoms with Gasteiger partial charge in [-0.15, -0.1) is 0 Å². The molecular formula is C11H19O2. The molecule has 1 aliphatic carbocycles. The molecule has 0 N–H and O–H groups in total. The van der Waals surface area contributed by atoms with E-state index in [1.165, 1.54) is 6.42 Å². The smallest absolute Gasteiger partial charge is 0.306 e. The van der Waals surface area contributed by atoms with Crippen LogP contribution >= 0.6 is 0 Å². The molecule has 1 saturated carbocycles. The van der Waals surface area contributed by atoms with Crippen molar-refractivity contribution in [1.82, 2.24) is 0 Å². The lowest BCUT2D eigenvalue weighted by Crippen LogP contribution is -2.24. The average molecular weight is 183 g/mol. The van der Waals surface area contributed by atoms with E-state index < -0.39 is 0 Å². The lowest BCUT2D eigenvalue weighted by molar-refractivity contribution is -0.153. The van der Waals surface area contributed by atoms with E-state index in [-0.39, 0.29) is 12.1 Å². The molecule has 1 fully saturated rings. The van der Waals surface area contributed by atoms with Crippen LogP contribution in [0.5, 0.6) is 0 Å². The van der Waals surface area contributed by atoms with Gasteiger partial charge in [-0.1, -0.05) is 26.2 Å². The van der Waals surface area contributed by atoms with Crippen molar-refractivity contribution >= 4 is 5.97 Å². The Labute approximate surface area is 80.7 Å². The maximum atomic E-state index is 11.2. The third-order valence-electron chi connectivity index (χ3n) is 2.48. The molecule has 0 aromatic heterocycles. The molecule has 75 valence electrons. The number of carbonyl (C=O) groups excluding carboxylic acids is 1. The minimum absolute atomic E-state index is 0.00578. The summed E-state index contributed by atoms with van der Waals surface area (Å²) in [5, 5.41) is 0. The predicted octanol–water partition coefficient (Wildman–Crippen LogP) is 2.87. The summed E-state index contributed by atoms with van der Waals surface area (Å²) in [6, 6.07) is 0. The highest BCUT2D eigenvalue weighted by Crippen LogP contribution is 2.22. The van der Waals surface area contributed by atoms with Crippen molar-refractivity contribution in [3.05, 3.63) is 6.92 Å². The van der Waals surface area contributed by atoms with Gasteiger partial charge < -0.3 is 4.74 Å². The summed E-state index contributed by atoms with van der Waals surface area (Å²) in [5.74, 6) is -0.00578. The molecular weight excluding hydrogens is 164 g/mol. The van der Waals surface area contributed by atoms with E-state index in [0.29, 0.717) is 6.42 Å². The molecule has 0 bridgehead atoms. The molecule has 0 saturated heterocycles. The molecule has 2 heteroatoms. The van der Waals surface area contributed by atoms with Crippen molar-refractivity contribution in [1.29, 1.82) is 0 Å². The van der Waals surface area contributed by atoms with Crippen LogP contribution in [0.4, 0.5) is 0 Å². The Balaban J connectivity index is 1.91. The Morgan fingerprint density at radius 1 is 1.31 bits per heavy atom. The zero-order valence-corrected chi connectivity index (χ0v) is 8.26. The van der Waals surface area contributed by atoms with E-state index >= 15 is 0 Å². The van der Waals surface area contributed by atoms with Crippen LogP contribution in [0.15, 0.2) is 0 Å². The van der Waals surface area contributed by atoms with Crippen LogP contribution in [0, 0.1) is 6.92 Å². The van der Waals surface area contributed by atoms with Crippen LogP contribution in [-0.4, -0.2) is 12.1 Å². The summed E-state index contributed by atoms with van der Waals surface area (Å²) in [4.78, 5) is 11.2. The fourth-order valence-electron chi connectivity index (χ4n) is 1.36. The van der Waals surface area contributed by atoms with Crippen molar-refractivity contribution in [3.63, 3.8) is 0 Å². The topological polar surface area (TPSA) is 26.3 Å². The number of unbranched alkanes of at least 4 members (excludes halogenated alkanes) is 3. The van der Waals surface area contributed by atoms with Gasteiger partial charge in [0, 0.05) is 6.42 Å². The zero-order valence-electron chi connectivity index (χ0n) is 8.26. The minimum atomic E-state index is -0.00578. The second kappa shape index (κ2) is 6.01. The van der Waals surface area contributed by atoms with Gasteiger partial charge >= 0.3 is 5.97 Å². The highest BCUT2D eigenvalue weighted by molar-refractivity contribution is 5.69. The average Bonchev–Trinajstić information content (AvgIpc) is 2.06. The van der Waals surface area contributed by atoms with Crippen molar-refractivity contribution in [2.75, 3.05) is 0 Å². The summed E-state index contributed by atoms with van der Waals surface area (Å²) in [6.45, 7) is 3.76. The number of rotatable bonds is 6. The van der Waals surface area contributed by atoms with Crippen LogP contribution in [0.3, 0.4) is 0 Å². The van der Waals surface area contributed by atoms with Gasteiger partial charge in [-0.25, -0.2) is 0 Å². The summed E-state index contributed by atoms with van der Waals surface area (Å²) < 4.78 is 5.21. The Morgan fingerprint density at radius 3 is 2.62 bits per heavy atom. The molecule has 13 heavy (non-hydrogen) atoms. The van der Waals surface area contributed by atoms with Gasteiger partial charge in [-0.2, -0.15) is 0 Å². The first-order chi connectivity index (χ1) is 6.33. The van der Waals surface area contributed by atoms with Crippen molar-refractivity contribution in [2.45, 2.75) is 57.5 Å². The van der Waals surface area contributed by atoms with E-state index in [9.17, 15) is 4.79 Å². The Morgan fingerprint density at radius 2 is 2.08 bits per heavy atom. The summed E-state index contributed by atoms with van der Waals surface area (Å²) >= 11 is 0. The molecule has 0 spiro atoms. The molecule has 0 aliphatic heterocycles. The van der Waals surface area contributed by atoms with Gasteiger partial charge in [0.2, 0.25) is 0 Å². The number of esters is 1. The molecule has 0 aromatic carbocycles. The van der Waals surface area contributed by atoms with Crippen molar-refractivity contribution < 1.29 is 9.53 Å². The Kier molecular flexibility index (Phi) is 4.87. The van der Waals surface area contributed by atoms with Crippen LogP contribution in [0.1, 0.15) is 51.4 Å². The Hall–Kier alpha value is -0.530. The normalized spacial score (nSPS) is 16.7. The monoisotopic (exact) mass is 183 g/mol. The Bertz CT molecular complexity index is 150. The SMILES string of the molecule is [CH2]CCCCCC(=O)OC1CCC1. The van der Waals surface area contributed by atoms with Gasteiger partial charge in [0.05, 0.1) is 0 Å². The lowest BCUT2D eigenvalue weighted by atomic mass is 9.96. The standard InChI is InChI=1S/C11H19O2/c1-2-3-4-5-9-11(12)13-10-7-6-8-10/h10H,1-9H2. The maximum Gasteiger partial charge on any atom is 0.306 e. The van der Waals surface area contributed by atoms with Crippen LogP contribution in [-0.2, 0) is 9.53 Å². The first kappa shape index (κ1) is 10.6. The van der Waals surface area contributed by atoms with E-state index in [0.717, 1.165) is 38.5 Å². The third-order valence-corrected chi connectivity index (χ3v) is 2.48. The first-order valence-electron chi connectivity index (χ1n) is 5.31. The van der Waals surface area contributed by atoms with Crippen LogP contribution in [0.25, 0.3) is 0 Å². The molecule has 1 rings (SSSR count). The van der Waals surface area contributed by atoms with Gasteiger partial charge in [-0.05, 0) is 25.7 Å². The lowest BCUT2D eigenvalue weighted by Gasteiger charge is -2.25. The first-order valence-corrected chi connectivity index (χ1v) is 5.31. The number of hydrogen-bond acceptors (Lipinski definition) is 2. The van der Waals surface area contributed by atoms with Crippen molar-refractivity contribution in [3.8, 4) is 0 Å². The van der Waals surface area contributed by atoms with E-state index in [4.69, 9.17) is 4.74 Å². The molecule has 1 radical (unpaired) electrons. The fourth-order valence-corrected chi connectivity index (χ4v) is 1.36.